The summed E-state index contributed by atoms with van der Waals surface area (Å²) in [6, 6.07) is -1.13. The summed E-state index contributed by atoms with van der Waals surface area (Å²) in [4.78, 5) is 0. The van der Waals surface area contributed by atoms with Crippen molar-refractivity contribution < 1.29 is 90.1 Å². The maximum Gasteiger partial charge on any atom is 0.228 e. The highest BCUT2D eigenvalue weighted by Crippen LogP contribution is 2.32. The van der Waals surface area contributed by atoms with Crippen molar-refractivity contribution in [3.63, 3.8) is 0 Å². The maximum absolute atomic E-state index is 10.8. The fourth-order valence-electron chi connectivity index (χ4n) is 5.25. The second kappa shape index (κ2) is 14.2. The minimum atomic E-state index is -1.94. The summed E-state index contributed by atoms with van der Waals surface area (Å²) < 4.78 is 26.8. The zero-order valence-corrected chi connectivity index (χ0v) is 22.4. The molecule has 0 spiro atoms. The van der Waals surface area contributed by atoms with Crippen LogP contribution in [0.15, 0.2) is 23.6 Å². The fourth-order valence-corrected chi connectivity index (χ4v) is 5.25. The van der Waals surface area contributed by atoms with Gasteiger partial charge in [0.05, 0.1) is 31.6 Å². The minimum Gasteiger partial charge on any atom is -0.468 e. The number of nitrogens with one attached hydrogen (secondary N) is 1. The van der Waals surface area contributed by atoms with Gasteiger partial charge in [-0.2, -0.15) is 0 Å². The molecule has 4 aliphatic rings. The molecule has 0 aromatic rings. The lowest BCUT2D eigenvalue weighted by molar-refractivity contribution is -0.367. The Morgan fingerprint density at radius 3 is 1.81 bits per heavy atom. The lowest BCUT2D eigenvalue weighted by atomic mass is 9.88. The number of hydrogen-bond donors (Lipinski definition) is 14. The Kier molecular flexibility index (Phi) is 11.3. The van der Waals surface area contributed by atoms with Crippen LogP contribution in [-0.2, 0) is 23.7 Å². The molecule has 4 rings (SSSR count). The van der Waals surface area contributed by atoms with Crippen molar-refractivity contribution in [1.82, 2.24) is 5.32 Å². The predicted molar refractivity (Wildman–Crippen MR) is 133 cm³/mol. The Labute approximate surface area is 243 Å². The van der Waals surface area contributed by atoms with Crippen molar-refractivity contribution in [2.75, 3.05) is 19.8 Å². The third-order valence-electron chi connectivity index (χ3n) is 7.82. The lowest BCUT2D eigenvalue weighted by Gasteiger charge is -2.47. The highest BCUT2D eigenvalue weighted by molar-refractivity contribution is 5.24. The molecule has 17 atom stereocenters. The van der Waals surface area contributed by atoms with Crippen LogP contribution in [-0.4, -0.2) is 190 Å². The van der Waals surface area contributed by atoms with Gasteiger partial charge in [0.1, 0.15) is 85.6 Å². The van der Waals surface area contributed by atoms with Gasteiger partial charge in [-0.25, -0.2) is 0 Å². The van der Waals surface area contributed by atoms with Gasteiger partial charge < -0.3 is 95.4 Å². The van der Waals surface area contributed by atoms with E-state index in [1.54, 1.807) is 0 Å². The molecule has 248 valence electrons. The van der Waals surface area contributed by atoms with E-state index in [4.69, 9.17) is 23.7 Å². The quantitative estimate of drug-likeness (QED) is 0.105. The SMILES string of the molecule is OCC1=C[C@H](NC2=CO[C@H](O[C@@H]3C(CO)O[C@H](O[C@@H]4C(CO)O[C@H](O)C(O)C4O)C(O)C3O)C(O)C2O)[C@H](O)[C@@H](O)[C@@H]1O. The Bertz CT molecular complexity index is 982. The summed E-state index contributed by atoms with van der Waals surface area (Å²) in [6.07, 6.45) is -25.1. The molecule has 19 heteroatoms. The first-order valence-corrected chi connectivity index (χ1v) is 13.4. The topological polar surface area (TPSA) is 321 Å². The highest BCUT2D eigenvalue weighted by Gasteiger charge is 2.52. The second-order valence-electron chi connectivity index (χ2n) is 10.6. The Morgan fingerprint density at radius 1 is 0.628 bits per heavy atom. The Morgan fingerprint density at radius 2 is 1.21 bits per heavy atom. The summed E-state index contributed by atoms with van der Waals surface area (Å²) in [5, 5.41) is 134. The number of ether oxygens (including phenoxy) is 5. The van der Waals surface area contributed by atoms with E-state index in [-0.39, 0.29) is 11.3 Å². The molecule has 0 bridgehead atoms. The van der Waals surface area contributed by atoms with E-state index in [1.165, 1.54) is 6.08 Å². The first-order valence-electron chi connectivity index (χ1n) is 13.4. The molecule has 8 unspecified atom stereocenters. The maximum atomic E-state index is 10.8. The molecule has 0 saturated carbocycles. The molecule has 2 fully saturated rings. The van der Waals surface area contributed by atoms with E-state index in [2.05, 4.69) is 5.32 Å². The van der Waals surface area contributed by atoms with Crippen LogP contribution in [0.3, 0.4) is 0 Å². The molecule has 14 N–H and O–H groups in total. The van der Waals surface area contributed by atoms with Gasteiger partial charge >= 0.3 is 0 Å². The van der Waals surface area contributed by atoms with Gasteiger partial charge in [-0.15, -0.1) is 0 Å². The first kappa shape index (κ1) is 34.3. The fraction of sp³-hybridized carbons (Fsp3) is 0.833. The molecule has 1 aliphatic carbocycles. The average molecular weight is 630 g/mol. The van der Waals surface area contributed by atoms with Crippen molar-refractivity contribution in [2.45, 2.75) is 104 Å². The second-order valence-corrected chi connectivity index (χ2v) is 10.6. The standard InChI is InChI=1S/C24H39NO18/c26-2-6-1-7(12(30)14(32)11(6)29)25-8-5-39-23(18(36)13(8)31)42-21-10(4-28)41-24(19(37)16(21)34)43-20-9(3-27)40-22(38)17(35)15(20)33/h1,5,7,9-38H,2-4H2/t7-,9?,10?,11+,12-,13?,14-,15?,16?,17?,18?,19?,20+,21+,22-,23+,24+/m0/s1. The zero-order chi connectivity index (χ0) is 31.7. The van der Waals surface area contributed by atoms with Crippen LogP contribution in [0.2, 0.25) is 0 Å². The molecule has 0 aromatic carbocycles. The van der Waals surface area contributed by atoms with Crippen molar-refractivity contribution in [2.24, 2.45) is 0 Å². The number of hydrogen-bond acceptors (Lipinski definition) is 19. The summed E-state index contributed by atoms with van der Waals surface area (Å²) in [5.74, 6) is 0. The lowest BCUT2D eigenvalue weighted by Crippen LogP contribution is -2.65. The van der Waals surface area contributed by atoms with E-state index < -0.39 is 124 Å². The summed E-state index contributed by atoms with van der Waals surface area (Å²) in [6.45, 7) is -2.25. The molecule has 2 saturated heterocycles. The van der Waals surface area contributed by atoms with Crippen LogP contribution in [0.1, 0.15) is 0 Å². The third kappa shape index (κ3) is 6.83. The van der Waals surface area contributed by atoms with Gasteiger partial charge in [-0.1, -0.05) is 6.08 Å². The van der Waals surface area contributed by atoms with Crippen molar-refractivity contribution >= 4 is 0 Å². The van der Waals surface area contributed by atoms with Crippen molar-refractivity contribution in [3.05, 3.63) is 23.6 Å². The summed E-state index contributed by atoms with van der Waals surface area (Å²) >= 11 is 0. The predicted octanol–water partition coefficient (Wildman–Crippen LogP) is -8.48. The molecule has 19 nitrogen and oxygen atoms in total. The van der Waals surface area contributed by atoms with E-state index in [1.807, 2.05) is 0 Å². The van der Waals surface area contributed by atoms with Gasteiger partial charge in [0, 0.05) is 0 Å². The number of aliphatic hydroxyl groups excluding tert-OH is 13. The van der Waals surface area contributed by atoms with E-state index >= 15 is 0 Å². The molecule has 0 radical (unpaired) electrons. The normalized spacial score (nSPS) is 49.1. The summed E-state index contributed by atoms with van der Waals surface area (Å²) in [7, 11) is 0. The van der Waals surface area contributed by atoms with Gasteiger partial charge in [-0.05, 0) is 5.57 Å². The average Bonchev–Trinajstić information content (AvgIpc) is 3.00. The van der Waals surface area contributed by atoms with Gasteiger partial charge in [0.2, 0.25) is 6.29 Å². The van der Waals surface area contributed by atoms with Gasteiger partial charge in [0.25, 0.3) is 0 Å². The monoisotopic (exact) mass is 629 g/mol. The first-order chi connectivity index (χ1) is 20.3. The van der Waals surface area contributed by atoms with E-state index in [0.29, 0.717) is 0 Å². The van der Waals surface area contributed by atoms with Crippen molar-refractivity contribution in [1.29, 1.82) is 0 Å². The smallest absolute Gasteiger partial charge is 0.228 e. The van der Waals surface area contributed by atoms with Crippen LogP contribution in [0.5, 0.6) is 0 Å². The molecule has 3 aliphatic heterocycles. The third-order valence-corrected chi connectivity index (χ3v) is 7.82. The summed E-state index contributed by atoms with van der Waals surface area (Å²) in [5.41, 5.74) is -0.197. The van der Waals surface area contributed by atoms with Crippen LogP contribution < -0.4 is 5.32 Å². The number of rotatable bonds is 9. The molecule has 3 heterocycles. The number of aliphatic hydroxyl groups is 13. The molecule has 0 amide bonds. The van der Waals surface area contributed by atoms with Crippen LogP contribution in [0, 0.1) is 0 Å². The van der Waals surface area contributed by atoms with E-state index in [0.717, 1.165) is 6.26 Å². The van der Waals surface area contributed by atoms with Crippen LogP contribution in [0.25, 0.3) is 0 Å². The van der Waals surface area contributed by atoms with Gasteiger partial charge in [-0.3, -0.25) is 0 Å². The molecular formula is C24H39NO18. The zero-order valence-electron chi connectivity index (χ0n) is 22.4. The van der Waals surface area contributed by atoms with Crippen molar-refractivity contribution in [3.8, 4) is 0 Å². The molecule has 43 heavy (non-hydrogen) atoms. The highest BCUT2D eigenvalue weighted by atomic mass is 16.7. The Hall–Kier alpha value is -1.60. The van der Waals surface area contributed by atoms with Crippen LogP contribution in [0.4, 0.5) is 0 Å². The van der Waals surface area contributed by atoms with Crippen LogP contribution >= 0.6 is 0 Å². The largest absolute Gasteiger partial charge is 0.468 e. The van der Waals surface area contributed by atoms with E-state index in [9.17, 15) is 66.4 Å². The van der Waals surface area contributed by atoms with Gasteiger partial charge in [0.15, 0.2) is 12.6 Å². The minimum absolute atomic E-state index is 0.00257. The molecular weight excluding hydrogens is 590 g/mol. The Balaban J connectivity index is 1.42. The molecule has 0 aromatic heterocycles.